The molecular weight excluding hydrogens is 261 g/mol. The van der Waals surface area contributed by atoms with Gasteiger partial charge in [-0.25, -0.2) is 4.52 Å². The van der Waals surface area contributed by atoms with Crippen LogP contribution in [0, 0.1) is 0 Å². The van der Waals surface area contributed by atoms with Crippen molar-refractivity contribution in [2.24, 2.45) is 4.52 Å². The summed E-state index contributed by atoms with van der Waals surface area (Å²) < 4.78 is 10.7. The van der Waals surface area contributed by atoms with Crippen LogP contribution < -0.4 is 0 Å². The van der Waals surface area contributed by atoms with E-state index < -0.39 is 14.3 Å². The molecule has 86 valence electrons. The maximum atomic E-state index is 5.81. The maximum Gasteiger partial charge on any atom is 0.209 e. The fourth-order valence-electron chi connectivity index (χ4n) is 1.40. The van der Waals surface area contributed by atoms with Crippen molar-refractivity contribution >= 4 is 36.8 Å². The first-order valence-electron chi connectivity index (χ1n) is 4.02. The van der Waals surface area contributed by atoms with Gasteiger partial charge in [0.15, 0.2) is 7.51 Å². The van der Waals surface area contributed by atoms with Crippen LogP contribution >= 0.6 is 36.8 Å². The normalized spacial score (nSPS) is 13.4. The molecule has 0 bridgehead atoms. The molecule has 0 aliphatic rings. The Bertz CT molecular complexity index is 201. The Morgan fingerprint density at radius 3 is 1.21 bits per heavy atom. The molecule has 0 saturated carbocycles. The van der Waals surface area contributed by atoms with E-state index in [0.29, 0.717) is 0 Å². The van der Waals surface area contributed by atoms with Crippen molar-refractivity contribution in [3.05, 3.63) is 0 Å². The van der Waals surface area contributed by atoms with Gasteiger partial charge in [-0.3, -0.25) is 14.0 Å². The number of hydrogen-bond donors (Lipinski definition) is 0. The molecule has 0 aromatic carbocycles. The summed E-state index contributed by atoms with van der Waals surface area (Å²) >= 11 is 11.6. The fourth-order valence-corrected chi connectivity index (χ4v) is 7.83. The van der Waals surface area contributed by atoms with Crippen molar-refractivity contribution in [2.75, 3.05) is 42.3 Å². The molecule has 0 aliphatic heterocycles. The summed E-state index contributed by atoms with van der Waals surface area (Å²) in [6, 6.07) is 0. The third kappa shape index (κ3) is 3.31. The van der Waals surface area contributed by atoms with Crippen molar-refractivity contribution < 1.29 is 0 Å². The molecule has 0 saturated heterocycles. The lowest BCUT2D eigenvalue weighted by Crippen LogP contribution is -2.30. The third-order valence-electron chi connectivity index (χ3n) is 1.80. The molecule has 0 atom stereocenters. The number of nitrogens with zero attached hydrogens (tertiary/aromatic N) is 4. The van der Waals surface area contributed by atoms with Gasteiger partial charge in [-0.15, -0.1) is 0 Å². The summed E-state index contributed by atoms with van der Waals surface area (Å²) in [4.78, 5) is 0. The van der Waals surface area contributed by atoms with Gasteiger partial charge in [-0.1, -0.05) is 22.5 Å². The maximum absolute atomic E-state index is 5.81. The Labute approximate surface area is 97.7 Å². The zero-order chi connectivity index (χ0) is 11.5. The van der Waals surface area contributed by atoms with Gasteiger partial charge in [0, 0.05) is 0 Å². The molecule has 0 heterocycles. The van der Waals surface area contributed by atoms with Gasteiger partial charge in [0.1, 0.15) is 0 Å². The Balaban J connectivity index is 5.40. The van der Waals surface area contributed by atoms with E-state index in [1.165, 1.54) is 0 Å². The van der Waals surface area contributed by atoms with Crippen LogP contribution in [0.4, 0.5) is 0 Å². The van der Waals surface area contributed by atoms with Crippen LogP contribution in [0.2, 0.25) is 0 Å². The van der Waals surface area contributed by atoms with E-state index in [4.69, 9.17) is 22.5 Å². The van der Waals surface area contributed by atoms with Crippen LogP contribution in [0.1, 0.15) is 0 Å². The highest BCUT2D eigenvalue weighted by molar-refractivity contribution is 8.04. The molecule has 8 heteroatoms. The molecular formula is C6H18Cl2N4P2. The SMILES string of the molecule is CN(C)P(=NP(Cl)Cl)(N(C)C)N(C)C. The van der Waals surface area contributed by atoms with Crippen molar-refractivity contribution in [1.82, 2.24) is 14.0 Å². The van der Waals surface area contributed by atoms with Crippen molar-refractivity contribution in [2.45, 2.75) is 0 Å². The summed E-state index contributed by atoms with van der Waals surface area (Å²) in [5.74, 6) is 0. The largest absolute Gasteiger partial charge is 0.252 e. The molecule has 0 fully saturated rings. The second kappa shape index (κ2) is 6.00. The molecule has 14 heavy (non-hydrogen) atoms. The predicted molar refractivity (Wildman–Crippen MR) is 69.0 cm³/mol. The highest BCUT2D eigenvalue weighted by Gasteiger charge is 2.29. The summed E-state index contributed by atoms with van der Waals surface area (Å²) in [5.41, 5.74) is 0. The van der Waals surface area contributed by atoms with Gasteiger partial charge in [-0.2, -0.15) is 0 Å². The Hall–Kier alpha value is 1.12. The fraction of sp³-hybridized carbons (Fsp3) is 1.00. The quantitative estimate of drug-likeness (QED) is 0.737. The first-order valence-corrected chi connectivity index (χ1v) is 8.73. The van der Waals surface area contributed by atoms with Gasteiger partial charge < -0.3 is 0 Å². The van der Waals surface area contributed by atoms with Crippen LogP contribution in [-0.4, -0.2) is 56.3 Å². The lowest BCUT2D eigenvalue weighted by atomic mass is 11.2. The summed E-state index contributed by atoms with van der Waals surface area (Å²) in [5, 5.41) is 0. The van der Waals surface area contributed by atoms with Gasteiger partial charge in [0.2, 0.25) is 6.78 Å². The smallest absolute Gasteiger partial charge is 0.209 e. The molecule has 0 aromatic heterocycles. The molecule has 0 N–H and O–H groups in total. The average molecular weight is 279 g/mol. The Morgan fingerprint density at radius 1 is 0.857 bits per heavy atom. The average Bonchev–Trinajstić information content (AvgIpc) is 1.97. The predicted octanol–water partition coefficient (Wildman–Crippen LogP) is 3.32. The second-order valence-corrected chi connectivity index (χ2v) is 10.4. The first kappa shape index (κ1) is 15.1. The van der Waals surface area contributed by atoms with Crippen LogP contribution in [-0.2, 0) is 0 Å². The van der Waals surface area contributed by atoms with E-state index in [-0.39, 0.29) is 0 Å². The lowest BCUT2D eigenvalue weighted by Gasteiger charge is -2.40. The van der Waals surface area contributed by atoms with E-state index in [9.17, 15) is 0 Å². The minimum Gasteiger partial charge on any atom is -0.252 e. The molecule has 0 unspecified atom stereocenters. The highest BCUT2D eigenvalue weighted by atomic mass is 35.9. The molecule has 0 aliphatic carbocycles. The van der Waals surface area contributed by atoms with Crippen LogP contribution in [0.25, 0.3) is 0 Å². The van der Waals surface area contributed by atoms with Gasteiger partial charge in [0.05, 0.1) is 0 Å². The molecule has 0 spiro atoms. The monoisotopic (exact) mass is 278 g/mol. The number of halogens is 2. The van der Waals surface area contributed by atoms with Crippen molar-refractivity contribution in [1.29, 1.82) is 0 Å². The Morgan fingerprint density at radius 2 is 1.14 bits per heavy atom. The number of hydrogen-bond acceptors (Lipinski definition) is 1. The standard InChI is InChI=1S/C6H18Cl2N4P2/c1-10(2)14(11(3)4,12(5)6)9-13(7)8/h1-6H3. The number of rotatable bonds is 4. The van der Waals surface area contributed by atoms with Gasteiger partial charge >= 0.3 is 0 Å². The Kier molecular flexibility index (Phi) is 6.48. The second-order valence-electron chi connectivity index (χ2n) is 3.38. The molecule has 0 amide bonds. The van der Waals surface area contributed by atoms with Crippen LogP contribution in [0.5, 0.6) is 0 Å². The van der Waals surface area contributed by atoms with Crippen molar-refractivity contribution in [3.8, 4) is 0 Å². The minimum atomic E-state index is -1.88. The van der Waals surface area contributed by atoms with E-state index in [1.807, 2.05) is 42.3 Å². The highest BCUT2D eigenvalue weighted by Crippen LogP contribution is 2.64. The van der Waals surface area contributed by atoms with E-state index >= 15 is 0 Å². The lowest BCUT2D eigenvalue weighted by molar-refractivity contribution is 0.476. The molecule has 0 radical (unpaired) electrons. The van der Waals surface area contributed by atoms with E-state index in [2.05, 4.69) is 18.5 Å². The zero-order valence-corrected chi connectivity index (χ0v) is 12.7. The molecule has 0 aromatic rings. The topological polar surface area (TPSA) is 22.1 Å². The summed E-state index contributed by atoms with van der Waals surface area (Å²) in [6.07, 6.45) is 0. The summed E-state index contributed by atoms with van der Waals surface area (Å²) in [7, 11) is 10.1. The third-order valence-corrected chi connectivity index (χ3v) is 7.74. The first-order chi connectivity index (χ1) is 6.25. The van der Waals surface area contributed by atoms with Crippen molar-refractivity contribution in [3.63, 3.8) is 0 Å². The molecule has 4 nitrogen and oxygen atoms in total. The molecule has 0 rings (SSSR count). The zero-order valence-electron chi connectivity index (χ0n) is 9.44. The van der Waals surface area contributed by atoms with E-state index in [1.54, 1.807) is 0 Å². The summed E-state index contributed by atoms with van der Waals surface area (Å²) in [6.45, 7) is -1.29. The minimum absolute atomic E-state index is 1.29. The van der Waals surface area contributed by atoms with Gasteiger partial charge in [-0.05, 0) is 42.3 Å². The van der Waals surface area contributed by atoms with Crippen LogP contribution in [0.3, 0.4) is 0 Å². The van der Waals surface area contributed by atoms with E-state index in [0.717, 1.165) is 0 Å². The van der Waals surface area contributed by atoms with Gasteiger partial charge in [0.25, 0.3) is 0 Å². The van der Waals surface area contributed by atoms with Crippen LogP contribution in [0.15, 0.2) is 4.52 Å².